The highest BCUT2D eigenvalue weighted by atomic mass is 35.5. The first kappa shape index (κ1) is 9.55. The maximum Gasteiger partial charge on any atom is 0.175 e. The molecule has 2 aromatic rings. The monoisotopic (exact) mass is 229 g/mol. The first-order chi connectivity index (χ1) is 6.47. The molecule has 0 amide bonds. The number of nitrogens with one attached hydrogen (secondary N) is 1. The summed E-state index contributed by atoms with van der Waals surface area (Å²) in [4.78, 5) is 3.21. The number of aromatic amines is 1. The van der Waals surface area contributed by atoms with Crippen LogP contribution in [0.4, 0.5) is 0 Å². The second kappa shape index (κ2) is 3.00. The third-order valence-electron chi connectivity index (χ3n) is 1.99. The van der Waals surface area contributed by atoms with E-state index in [-0.39, 0.29) is 0 Å². The second-order valence-corrected chi connectivity index (χ2v) is 5.56. The summed E-state index contributed by atoms with van der Waals surface area (Å²) in [7, 11) is -3.14. The van der Waals surface area contributed by atoms with E-state index in [4.69, 9.17) is 11.6 Å². The molecule has 0 radical (unpaired) electrons. The smallest absolute Gasteiger partial charge is 0.175 e. The van der Waals surface area contributed by atoms with Crippen molar-refractivity contribution in [2.24, 2.45) is 0 Å². The number of hydrogen-bond donors (Lipinski definition) is 1. The minimum absolute atomic E-state index is 0.306. The molecule has 0 aliphatic carbocycles. The van der Waals surface area contributed by atoms with Crippen LogP contribution in [0.5, 0.6) is 0 Å². The van der Waals surface area contributed by atoms with Crippen molar-refractivity contribution >= 4 is 32.3 Å². The molecule has 1 heterocycles. The third kappa shape index (κ3) is 1.63. The van der Waals surface area contributed by atoms with E-state index < -0.39 is 9.84 Å². The normalized spacial score (nSPS) is 12.1. The lowest BCUT2D eigenvalue weighted by Gasteiger charge is -1.97. The summed E-state index contributed by atoms with van der Waals surface area (Å²) in [5.41, 5.74) is 0.836. The molecule has 1 aromatic carbocycles. The predicted octanol–water partition coefficient (Wildman–Crippen LogP) is 2.22. The number of H-pyrrole nitrogens is 1. The van der Waals surface area contributed by atoms with Gasteiger partial charge in [0.2, 0.25) is 0 Å². The van der Waals surface area contributed by atoms with Gasteiger partial charge < -0.3 is 4.98 Å². The Bertz CT molecular complexity index is 586. The van der Waals surface area contributed by atoms with Crippen molar-refractivity contribution < 1.29 is 8.42 Å². The number of aromatic nitrogens is 1. The number of sulfone groups is 1. The van der Waals surface area contributed by atoms with Gasteiger partial charge in [-0.2, -0.15) is 0 Å². The summed E-state index contributed by atoms with van der Waals surface area (Å²) in [6.45, 7) is 0. The fourth-order valence-corrected chi connectivity index (χ4v) is 2.18. The molecule has 5 heteroatoms. The molecule has 0 saturated carbocycles. The summed E-state index contributed by atoms with van der Waals surface area (Å²) in [5, 5.41) is 1.31. The zero-order valence-corrected chi connectivity index (χ0v) is 8.98. The van der Waals surface area contributed by atoms with E-state index in [2.05, 4.69) is 4.98 Å². The largest absolute Gasteiger partial charge is 0.346 e. The minimum Gasteiger partial charge on any atom is -0.346 e. The molecular weight excluding hydrogens is 222 g/mol. The average Bonchev–Trinajstić information content (AvgIpc) is 2.41. The lowest BCUT2D eigenvalue weighted by atomic mass is 10.2. The Labute approximate surface area is 86.6 Å². The van der Waals surface area contributed by atoms with E-state index in [1.165, 1.54) is 6.26 Å². The Morgan fingerprint density at radius 3 is 2.64 bits per heavy atom. The zero-order valence-electron chi connectivity index (χ0n) is 7.41. The SMILES string of the molecule is CS(=O)(=O)c1ccc2[nH]c(Cl)cc2c1. The molecule has 0 aliphatic rings. The van der Waals surface area contributed by atoms with Crippen LogP contribution in [-0.2, 0) is 9.84 Å². The van der Waals surface area contributed by atoms with Crippen LogP contribution in [0.3, 0.4) is 0 Å². The van der Waals surface area contributed by atoms with E-state index in [0.29, 0.717) is 10.0 Å². The summed E-state index contributed by atoms with van der Waals surface area (Å²) in [5.74, 6) is 0. The third-order valence-corrected chi connectivity index (χ3v) is 3.30. The highest BCUT2D eigenvalue weighted by Crippen LogP contribution is 2.21. The molecule has 74 valence electrons. The Hall–Kier alpha value is -1.00. The Balaban J connectivity index is 2.74. The molecule has 0 unspecified atom stereocenters. The van der Waals surface area contributed by atoms with Crippen LogP contribution in [-0.4, -0.2) is 19.7 Å². The molecule has 1 aromatic heterocycles. The zero-order chi connectivity index (χ0) is 10.3. The van der Waals surface area contributed by atoms with Crippen molar-refractivity contribution in [1.82, 2.24) is 4.98 Å². The quantitative estimate of drug-likeness (QED) is 0.815. The molecule has 0 atom stereocenters. The maximum atomic E-state index is 11.2. The van der Waals surface area contributed by atoms with Gasteiger partial charge in [-0.25, -0.2) is 8.42 Å². The van der Waals surface area contributed by atoms with Gasteiger partial charge in [0.1, 0.15) is 5.15 Å². The number of fused-ring (bicyclic) bond motifs is 1. The summed E-state index contributed by atoms with van der Waals surface area (Å²) in [6, 6.07) is 6.57. The average molecular weight is 230 g/mol. The Morgan fingerprint density at radius 1 is 1.29 bits per heavy atom. The van der Waals surface area contributed by atoms with Gasteiger partial charge in [-0.15, -0.1) is 0 Å². The van der Waals surface area contributed by atoms with E-state index in [0.717, 1.165) is 10.9 Å². The molecule has 0 aliphatic heterocycles. The lowest BCUT2D eigenvalue weighted by molar-refractivity contribution is 0.602. The maximum absolute atomic E-state index is 11.2. The predicted molar refractivity (Wildman–Crippen MR) is 56.4 cm³/mol. The van der Waals surface area contributed by atoms with E-state index in [9.17, 15) is 8.42 Å². The van der Waals surface area contributed by atoms with Crippen molar-refractivity contribution in [1.29, 1.82) is 0 Å². The van der Waals surface area contributed by atoms with Crippen LogP contribution in [0, 0.1) is 0 Å². The lowest BCUT2D eigenvalue weighted by Crippen LogP contribution is -1.95. The molecule has 0 bridgehead atoms. The van der Waals surface area contributed by atoms with Crippen molar-refractivity contribution in [2.75, 3.05) is 6.26 Å². The molecule has 14 heavy (non-hydrogen) atoms. The van der Waals surface area contributed by atoms with Crippen LogP contribution in [0.1, 0.15) is 0 Å². The Kier molecular flexibility index (Phi) is 2.05. The standard InChI is InChI=1S/C9H8ClNO2S/c1-14(12,13)7-2-3-8-6(4-7)5-9(10)11-8/h2-5,11H,1H3. The molecular formula is C9H8ClNO2S. The molecule has 0 saturated heterocycles. The van der Waals surface area contributed by atoms with Gasteiger partial charge in [-0.1, -0.05) is 11.6 Å². The molecule has 2 rings (SSSR count). The Morgan fingerprint density at radius 2 is 2.00 bits per heavy atom. The van der Waals surface area contributed by atoms with Crippen LogP contribution in [0.25, 0.3) is 10.9 Å². The second-order valence-electron chi connectivity index (χ2n) is 3.14. The van der Waals surface area contributed by atoms with Gasteiger partial charge in [0.05, 0.1) is 4.90 Å². The number of halogens is 1. The van der Waals surface area contributed by atoms with Crippen LogP contribution in [0.15, 0.2) is 29.2 Å². The molecule has 0 fully saturated rings. The minimum atomic E-state index is -3.14. The number of rotatable bonds is 1. The first-order valence-corrected chi connectivity index (χ1v) is 6.22. The van der Waals surface area contributed by atoms with Gasteiger partial charge >= 0.3 is 0 Å². The fraction of sp³-hybridized carbons (Fsp3) is 0.111. The van der Waals surface area contributed by atoms with Gasteiger partial charge in [-0.3, -0.25) is 0 Å². The fourth-order valence-electron chi connectivity index (χ4n) is 1.31. The summed E-state index contributed by atoms with van der Waals surface area (Å²) in [6.07, 6.45) is 1.18. The van der Waals surface area contributed by atoms with Gasteiger partial charge in [0.15, 0.2) is 9.84 Å². The highest BCUT2D eigenvalue weighted by Gasteiger charge is 2.08. The van der Waals surface area contributed by atoms with Crippen LogP contribution in [0.2, 0.25) is 5.15 Å². The summed E-state index contributed by atoms with van der Waals surface area (Å²) < 4.78 is 22.5. The molecule has 1 N–H and O–H groups in total. The number of benzene rings is 1. The van der Waals surface area contributed by atoms with Crippen molar-refractivity contribution in [3.63, 3.8) is 0 Å². The number of hydrogen-bond acceptors (Lipinski definition) is 2. The topological polar surface area (TPSA) is 49.9 Å². The van der Waals surface area contributed by atoms with E-state index in [1.807, 2.05) is 0 Å². The van der Waals surface area contributed by atoms with Gasteiger partial charge in [0, 0.05) is 17.2 Å². The highest BCUT2D eigenvalue weighted by molar-refractivity contribution is 7.90. The molecule has 0 spiro atoms. The first-order valence-electron chi connectivity index (χ1n) is 3.95. The van der Waals surface area contributed by atoms with E-state index in [1.54, 1.807) is 24.3 Å². The van der Waals surface area contributed by atoms with Gasteiger partial charge in [0.25, 0.3) is 0 Å². The van der Waals surface area contributed by atoms with Crippen LogP contribution < -0.4 is 0 Å². The van der Waals surface area contributed by atoms with Gasteiger partial charge in [-0.05, 0) is 24.3 Å². The van der Waals surface area contributed by atoms with Crippen molar-refractivity contribution in [2.45, 2.75) is 4.90 Å². The molecule has 3 nitrogen and oxygen atoms in total. The van der Waals surface area contributed by atoms with Crippen LogP contribution >= 0.6 is 11.6 Å². The van der Waals surface area contributed by atoms with Crippen molar-refractivity contribution in [3.05, 3.63) is 29.4 Å². The van der Waals surface area contributed by atoms with E-state index >= 15 is 0 Å². The van der Waals surface area contributed by atoms with Crippen molar-refractivity contribution in [3.8, 4) is 0 Å². The summed E-state index contributed by atoms with van der Waals surface area (Å²) >= 11 is 5.74.